The maximum Gasteiger partial charge on any atom is 0.326 e. The number of nitrogens with one attached hydrogen (secondary N) is 3. The molecule has 7 nitrogen and oxygen atoms in total. The van der Waals surface area contributed by atoms with Gasteiger partial charge >= 0.3 is 6.03 Å². The van der Waals surface area contributed by atoms with Gasteiger partial charge in [-0.3, -0.25) is 14.9 Å². The van der Waals surface area contributed by atoms with Crippen LogP contribution in [-0.4, -0.2) is 22.4 Å². The fourth-order valence-corrected chi connectivity index (χ4v) is 3.17. The molecule has 1 saturated heterocycles. The van der Waals surface area contributed by atoms with Gasteiger partial charge in [-0.1, -0.05) is 29.8 Å². The minimum atomic E-state index is -0.553. The number of nitrogens with zero attached hydrogens (tertiary/aromatic N) is 1. The summed E-state index contributed by atoms with van der Waals surface area (Å²) in [6, 6.07) is 13.8. The third-order valence-corrected chi connectivity index (χ3v) is 4.53. The predicted molar refractivity (Wildman–Crippen MR) is 107 cm³/mol. The highest BCUT2D eigenvalue weighted by Crippen LogP contribution is 2.24. The first-order chi connectivity index (χ1) is 13.5. The zero-order chi connectivity index (χ0) is 19.7. The third-order valence-electron chi connectivity index (χ3n) is 4.28. The van der Waals surface area contributed by atoms with E-state index in [1.54, 1.807) is 41.1 Å². The molecule has 140 valence electrons. The normalized spacial score (nSPS) is 15.0. The third kappa shape index (κ3) is 3.60. The van der Waals surface area contributed by atoms with Crippen LogP contribution in [0, 0.1) is 0 Å². The van der Waals surface area contributed by atoms with Crippen molar-refractivity contribution in [3.8, 4) is 0 Å². The Morgan fingerprint density at radius 3 is 2.54 bits per heavy atom. The minimum absolute atomic E-state index is 0.0882. The molecule has 4 amide bonds. The summed E-state index contributed by atoms with van der Waals surface area (Å²) in [5.41, 5.74) is 2.38. The summed E-state index contributed by atoms with van der Waals surface area (Å²) in [4.78, 5) is 35.6. The highest BCUT2D eigenvalue weighted by Gasteiger charge is 2.23. The molecule has 0 unspecified atom stereocenters. The molecule has 3 aromatic rings. The van der Waals surface area contributed by atoms with E-state index in [1.165, 1.54) is 0 Å². The van der Waals surface area contributed by atoms with Gasteiger partial charge < -0.3 is 15.2 Å². The van der Waals surface area contributed by atoms with Crippen LogP contribution in [0.1, 0.15) is 5.56 Å². The lowest BCUT2D eigenvalue weighted by Gasteiger charge is -2.07. The van der Waals surface area contributed by atoms with Crippen LogP contribution in [0.25, 0.3) is 17.0 Å². The smallest absolute Gasteiger partial charge is 0.326 e. The van der Waals surface area contributed by atoms with E-state index < -0.39 is 11.9 Å². The second-order valence-corrected chi connectivity index (χ2v) is 6.69. The first-order valence-electron chi connectivity index (χ1n) is 8.47. The Balaban J connectivity index is 1.62. The van der Waals surface area contributed by atoms with E-state index in [2.05, 4.69) is 16.0 Å². The highest BCUT2D eigenvalue weighted by molar-refractivity contribution is 6.30. The quantitative estimate of drug-likeness (QED) is 0.469. The first kappa shape index (κ1) is 17.8. The number of aromatic nitrogens is 1. The van der Waals surface area contributed by atoms with Crippen LogP contribution in [0.2, 0.25) is 5.02 Å². The lowest BCUT2D eigenvalue weighted by atomic mass is 10.1. The van der Waals surface area contributed by atoms with Crippen molar-refractivity contribution in [3.05, 3.63) is 71.0 Å². The van der Waals surface area contributed by atoms with Gasteiger partial charge in [0.25, 0.3) is 5.91 Å². The predicted octanol–water partition coefficient (Wildman–Crippen LogP) is 3.11. The van der Waals surface area contributed by atoms with Crippen molar-refractivity contribution in [3.63, 3.8) is 0 Å². The number of amides is 4. The average molecular weight is 395 g/mol. The lowest BCUT2D eigenvalue weighted by molar-refractivity contribution is -0.117. The van der Waals surface area contributed by atoms with Crippen molar-refractivity contribution in [1.82, 2.24) is 15.2 Å². The molecule has 3 N–H and O–H groups in total. The minimum Gasteiger partial charge on any atom is -0.337 e. The Bertz CT molecular complexity index is 1130. The molecule has 8 heteroatoms. The van der Waals surface area contributed by atoms with Crippen LogP contribution in [0.5, 0.6) is 0 Å². The maximum absolute atomic E-state index is 12.5. The van der Waals surface area contributed by atoms with Crippen LogP contribution in [0.15, 0.2) is 60.4 Å². The molecule has 2 aromatic carbocycles. The van der Waals surface area contributed by atoms with Crippen molar-refractivity contribution in [2.24, 2.45) is 0 Å². The molecule has 1 aliphatic rings. The summed E-state index contributed by atoms with van der Waals surface area (Å²) in [5.74, 6) is -0.684. The van der Waals surface area contributed by atoms with E-state index in [4.69, 9.17) is 11.6 Å². The number of fused-ring (bicyclic) bond motifs is 1. The molecule has 0 saturated carbocycles. The first-order valence-corrected chi connectivity index (χ1v) is 8.85. The Morgan fingerprint density at radius 1 is 1.07 bits per heavy atom. The van der Waals surface area contributed by atoms with E-state index >= 15 is 0 Å². The van der Waals surface area contributed by atoms with Gasteiger partial charge in [0, 0.05) is 33.4 Å². The van der Waals surface area contributed by atoms with Crippen LogP contribution in [0.4, 0.5) is 10.5 Å². The second-order valence-electron chi connectivity index (χ2n) is 6.25. The van der Waals surface area contributed by atoms with Gasteiger partial charge in [0.15, 0.2) is 0 Å². The van der Waals surface area contributed by atoms with Crippen LogP contribution in [0.3, 0.4) is 0 Å². The number of benzene rings is 2. The standard InChI is InChI=1S/C20H15ClN4O3/c21-13-5-7-14(8-6-13)22-18(26)11-25-10-12(15-3-1-2-4-17(15)25)9-16-19(27)24-20(28)23-16/h1-10H,11H2,(H,22,26)(H2,23,24,27,28)/b16-9+. The van der Waals surface area contributed by atoms with Gasteiger partial charge in [-0.15, -0.1) is 0 Å². The van der Waals surface area contributed by atoms with Crippen molar-refractivity contribution >= 4 is 52.1 Å². The number of imide groups is 1. The maximum atomic E-state index is 12.5. The monoisotopic (exact) mass is 394 g/mol. The van der Waals surface area contributed by atoms with E-state index in [1.807, 2.05) is 24.3 Å². The summed E-state index contributed by atoms with van der Waals surface area (Å²) in [6.07, 6.45) is 3.37. The fourth-order valence-electron chi connectivity index (χ4n) is 3.05. The summed E-state index contributed by atoms with van der Waals surface area (Å²) >= 11 is 5.86. The number of halogens is 1. The van der Waals surface area contributed by atoms with Gasteiger partial charge in [0.2, 0.25) is 5.91 Å². The molecule has 1 fully saturated rings. The molecular weight excluding hydrogens is 380 g/mol. The average Bonchev–Trinajstić information content (AvgIpc) is 3.17. The molecule has 0 spiro atoms. The Kier molecular flexibility index (Phi) is 4.58. The number of urea groups is 1. The van der Waals surface area contributed by atoms with Crippen molar-refractivity contribution < 1.29 is 14.4 Å². The van der Waals surface area contributed by atoms with Crippen LogP contribution < -0.4 is 16.0 Å². The number of rotatable bonds is 4. The molecule has 28 heavy (non-hydrogen) atoms. The number of carbonyl (C=O) groups is 3. The van der Waals surface area contributed by atoms with Gasteiger partial charge in [-0.2, -0.15) is 0 Å². The van der Waals surface area contributed by atoms with Gasteiger partial charge in [0.05, 0.1) is 0 Å². The van der Waals surface area contributed by atoms with Crippen molar-refractivity contribution in [2.45, 2.75) is 6.54 Å². The fraction of sp³-hybridized carbons (Fsp3) is 0.0500. The summed E-state index contributed by atoms with van der Waals surface area (Å²) < 4.78 is 1.79. The molecule has 1 aromatic heterocycles. The second kappa shape index (κ2) is 7.21. The number of hydrogen-bond donors (Lipinski definition) is 3. The molecular formula is C20H15ClN4O3. The SMILES string of the molecule is O=C(Cn1cc(/C=C2/NC(=O)NC2=O)c2ccccc21)Nc1ccc(Cl)cc1. The number of carbonyl (C=O) groups excluding carboxylic acids is 3. The van der Waals surface area contributed by atoms with Crippen LogP contribution in [-0.2, 0) is 16.1 Å². The number of para-hydroxylation sites is 1. The Morgan fingerprint density at radius 2 is 1.82 bits per heavy atom. The number of hydrogen-bond acceptors (Lipinski definition) is 3. The van der Waals surface area contributed by atoms with Gasteiger partial charge in [-0.05, 0) is 36.4 Å². The van der Waals surface area contributed by atoms with E-state index in [0.29, 0.717) is 10.7 Å². The lowest BCUT2D eigenvalue weighted by Crippen LogP contribution is -2.22. The zero-order valence-corrected chi connectivity index (χ0v) is 15.3. The van der Waals surface area contributed by atoms with Gasteiger partial charge in [0.1, 0.15) is 12.2 Å². The van der Waals surface area contributed by atoms with Crippen molar-refractivity contribution in [2.75, 3.05) is 5.32 Å². The summed E-state index contributed by atoms with van der Waals surface area (Å²) in [5, 5.41) is 8.91. The summed E-state index contributed by atoms with van der Waals surface area (Å²) in [6.45, 7) is 0.0882. The zero-order valence-electron chi connectivity index (χ0n) is 14.5. The Hall–Kier alpha value is -3.58. The molecule has 2 heterocycles. The molecule has 0 bridgehead atoms. The summed E-state index contributed by atoms with van der Waals surface area (Å²) in [7, 11) is 0. The van der Waals surface area contributed by atoms with Crippen molar-refractivity contribution in [1.29, 1.82) is 0 Å². The molecule has 0 radical (unpaired) electrons. The molecule has 1 aliphatic heterocycles. The topological polar surface area (TPSA) is 92.2 Å². The molecule has 4 rings (SSSR count). The van der Waals surface area contributed by atoms with E-state index in [0.717, 1.165) is 16.5 Å². The Labute approximate surface area is 165 Å². The largest absolute Gasteiger partial charge is 0.337 e. The van der Waals surface area contributed by atoms with E-state index in [9.17, 15) is 14.4 Å². The highest BCUT2D eigenvalue weighted by atomic mass is 35.5. The molecule has 0 atom stereocenters. The van der Waals surface area contributed by atoms with Crippen LogP contribution >= 0.6 is 11.6 Å². The van der Waals surface area contributed by atoms with Gasteiger partial charge in [-0.25, -0.2) is 4.79 Å². The van der Waals surface area contributed by atoms with E-state index in [-0.39, 0.29) is 18.1 Å². The molecule has 0 aliphatic carbocycles. The number of anilines is 1.